The van der Waals surface area contributed by atoms with E-state index in [1.165, 1.54) is 6.07 Å². The Balaban J connectivity index is 1.78. The first-order valence-corrected chi connectivity index (χ1v) is 9.03. The highest BCUT2D eigenvalue weighted by Crippen LogP contribution is 2.30. The molecule has 0 spiro atoms. The van der Waals surface area contributed by atoms with E-state index in [1.54, 1.807) is 18.4 Å². The van der Waals surface area contributed by atoms with E-state index in [0.717, 1.165) is 23.3 Å². The van der Waals surface area contributed by atoms with Crippen molar-refractivity contribution in [3.05, 3.63) is 89.4 Å². The molecule has 0 saturated carbocycles. The third-order valence-electron chi connectivity index (χ3n) is 4.15. The minimum absolute atomic E-state index is 0.285. The van der Waals surface area contributed by atoms with Gasteiger partial charge in [0.05, 0.1) is 18.4 Å². The number of nitrogens with zero attached hydrogens (tertiary/aromatic N) is 1. The molecule has 0 unspecified atom stereocenters. The smallest absolute Gasteiger partial charge is 0.416 e. The summed E-state index contributed by atoms with van der Waals surface area (Å²) >= 11 is 5.48. The lowest BCUT2D eigenvalue weighted by Crippen LogP contribution is -2.33. The predicted molar refractivity (Wildman–Crippen MR) is 107 cm³/mol. The molecule has 3 nitrogen and oxygen atoms in total. The van der Waals surface area contributed by atoms with Gasteiger partial charge in [-0.3, -0.25) is 0 Å². The quantitative estimate of drug-likeness (QED) is 0.528. The van der Waals surface area contributed by atoms with Gasteiger partial charge in [0.2, 0.25) is 0 Å². The maximum absolute atomic E-state index is 13.0. The summed E-state index contributed by atoms with van der Waals surface area (Å²) in [5.41, 5.74) is 1.74. The van der Waals surface area contributed by atoms with Gasteiger partial charge in [0, 0.05) is 12.2 Å². The Morgan fingerprint density at radius 3 is 2.43 bits per heavy atom. The van der Waals surface area contributed by atoms with Crippen LogP contribution in [0.1, 0.15) is 22.5 Å². The largest absolute Gasteiger partial charge is 0.467 e. The van der Waals surface area contributed by atoms with Crippen molar-refractivity contribution < 1.29 is 17.6 Å². The van der Waals surface area contributed by atoms with Gasteiger partial charge in [-0.2, -0.15) is 13.2 Å². The van der Waals surface area contributed by atoms with Crippen LogP contribution >= 0.6 is 12.2 Å². The first-order valence-electron chi connectivity index (χ1n) is 8.62. The van der Waals surface area contributed by atoms with Crippen molar-refractivity contribution in [3.8, 4) is 0 Å². The van der Waals surface area contributed by atoms with Gasteiger partial charge in [0.15, 0.2) is 5.11 Å². The molecule has 0 aliphatic rings. The van der Waals surface area contributed by atoms with E-state index in [2.05, 4.69) is 5.32 Å². The van der Waals surface area contributed by atoms with Crippen molar-refractivity contribution in [2.75, 3.05) is 5.32 Å². The van der Waals surface area contributed by atoms with Crippen LogP contribution in [-0.4, -0.2) is 10.0 Å². The molecule has 0 amide bonds. The monoisotopic (exact) mass is 404 g/mol. The van der Waals surface area contributed by atoms with Gasteiger partial charge in [-0.15, -0.1) is 0 Å². The number of alkyl halides is 3. The summed E-state index contributed by atoms with van der Waals surface area (Å²) in [5.74, 6) is 0.709. The second kappa shape index (κ2) is 8.48. The van der Waals surface area contributed by atoms with Gasteiger partial charge in [-0.25, -0.2) is 0 Å². The minimum atomic E-state index is -4.41. The first kappa shape index (κ1) is 19.9. The molecule has 146 valence electrons. The molecule has 3 aromatic rings. The topological polar surface area (TPSA) is 28.4 Å². The Morgan fingerprint density at radius 1 is 1.04 bits per heavy atom. The molecule has 0 fully saturated rings. The molecule has 7 heteroatoms. The highest BCUT2D eigenvalue weighted by atomic mass is 32.1. The van der Waals surface area contributed by atoms with E-state index < -0.39 is 11.7 Å². The average molecular weight is 404 g/mol. The number of nitrogens with one attached hydrogen (secondary N) is 1. The normalized spacial score (nSPS) is 11.3. The summed E-state index contributed by atoms with van der Waals surface area (Å²) < 4.78 is 44.3. The Morgan fingerprint density at radius 2 is 1.79 bits per heavy atom. The molecule has 0 radical (unpaired) electrons. The number of aryl methyl sites for hydroxylation is 1. The van der Waals surface area contributed by atoms with Crippen molar-refractivity contribution in [2.45, 2.75) is 26.2 Å². The van der Waals surface area contributed by atoms with Crippen molar-refractivity contribution in [1.29, 1.82) is 0 Å². The summed E-state index contributed by atoms with van der Waals surface area (Å²) in [5, 5.41) is 3.23. The third kappa shape index (κ3) is 5.36. The minimum Gasteiger partial charge on any atom is -0.467 e. The van der Waals surface area contributed by atoms with E-state index in [1.807, 2.05) is 42.2 Å². The van der Waals surface area contributed by atoms with Crippen LogP contribution in [0, 0.1) is 6.92 Å². The van der Waals surface area contributed by atoms with Crippen LogP contribution in [-0.2, 0) is 19.3 Å². The Kier molecular flexibility index (Phi) is 6.04. The fraction of sp³-hybridized carbons (Fsp3) is 0.190. The number of benzene rings is 2. The molecule has 0 saturated heterocycles. The molecule has 2 aromatic carbocycles. The number of rotatable bonds is 5. The van der Waals surface area contributed by atoms with E-state index in [4.69, 9.17) is 16.6 Å². The standard InChI is InChI=1S/C21H19F3N2OS/c1-15-7-9-16(10-8-15)13-26(14-19-6-3-11-27-19)20(28)25-18-5-2-4-17(12-18)21(22,23)24/h2-12H,13-14H2,1H3,(H,25,28). The number of hydrogen-bond acceptors (Lipinski definition) is 2. The Bertz CT molecular complexity index is 922. The fourth-order valence-electron chi connectivity index (χ4n) is 2.68. The first-order chi connectivity index (χ1) is 13.3. The van der Waals surface area contributed by atoms with Gasteiger partial charge < -0.3 is 14.6 Å². The molecule has 0 bridgehead atoms. The molecule has 28 heavy (non-hydrogen) atoms. The lowest BCUT2D eigenvalue weighted by Gasteiger charge is -2.25. The molecule has 0 aliphatic heterocycles. The summed E-state index contributed by atoms with van der Waals surface area (Å²) in [4.78, 5) is 1.85. The van der Waals surface area contributed by atoms with E-state index >= 15 is 0 Å². The molecule has 1 heterocycles. The van der Waals surface area contributed by atoms with Gasteiger partial charge in [0.25, 0.3) is 0 Å². The van der Waals surface area contributed by atoms with Crippen LogP contribution in [0.3, 0.4) is 0 Å². The van der Waals surface area contributed by atoms with Crippen LogP contribution in [0.4, 0.5) is 18.9 Å². The van der Waals surface area contributed by atoms with Gasteiger partial charge in [-0.1, -0.05) is 35.9 Å². The lowest BCUT2D eigenvalue weighted by atomic mass is 10.1. The number of hydrogen-bond donors (Lipinski definition) is 1. The van der Waals surface area contributed by atoms with Gasteiger partial charge in [-0.05, 0) is 55.0 Å². The van der Waals surface area contributed by atoms with Crippen molar-refractivity contribution >= 4 is 23.0 Å². The molecule has 1 aromatic heterocycles. The molecular formula is C21H19F3N2OS. The average Bonchev–Trinajstić information content (AvgIpc) is 3.15. The maximum atomic E-state index is 13.0. The van der Waals surface area contributed by atoms with Crippen LogP contribution in [0.5, 0.6) is 0 Å². The third-order valence-corrected chi connectivity index (χ3v) is 4.51. The maximum Gasteiger partial charge on any atom is 0.416 e. The fourth-order valence-corrected chi connectivity index (χ4v) is 2.93. The van der Waals surface area contributed by atoms with Crippen molar-refractivity contribution in [2.24, 2.45) is 0 Å². The molecule has 0 atom stereocenters. The summed E-state index contributed by atoms with van der Waals surface area (Å²) in [6, 6.07) is 16.6. The van der Waals surface area contributed by atoms with Crippen LogP contribution in [0.15, 0.2) is 71.3 Å². The summed E-state index contributed by atoms with van der Waals surface area (Å²) in [7, 11) is 0. The molecular weight excluding hydrogens is 385 g/mol. The second-order valence-electron chi connectivity index (χ2n) is 6.43. The zero-order chi connectivity index (χ0) is 20.1. The summed E-state index contributed by atoms with van der Waals surface area (Å²) in [6.07, 6.45) is -2.84. The van der Waals surface area contributed by atoms with Crippen LogP contribution < -0.4 is 5.32 Å². The zero-order valence-electron chi connectivity index (χ0n) is 15.2. The predicted octanol–water partition coefficient (Wildman–Crippen LogP) is 6.01. The SMILES string of the molecule is Cc1ccc(CN(Cc2ccco2)C(=S)Nc2cccc(C(F)(F)F)c2)cc1. The van der Waals surface area contributed by atoms with Crippen LogP contribution in [0.25, 0.3) is 0 Å². The molecule has 3 rings (SSSR count). The summed E-state index contributed by atoms with van der Waals surface area (Å²) in [6.45, 7) is 2.89. The highest BCUT2D eigenvalue weighted by Gasteiger charge is 2.30. The highest BCUT2D eigenvalue weighted by molar-refractivity contribution is 7.80. The molecule has 1 N–H and O–H groups in total. The van der Waals surface area contributed by atoms with E-state index in [-0.39, 0.29) is 5.69 Å². The van der Waals surface area contributed by atoms with Gasteiger partial charge >= 0.3 is 6.18 Å². The number of thiocarbonyl (C=S) groups is 1. The van der Waals surface area contributed by atoms with Crippen molar-refractivity contribution in [1.82, 2.24) is 4.90 Å². The Labute approximate surface area is 166 Å². The number of halogens is 3. The van der Waals surface area contributed by atoms with E-state index in [9.17, 15) is 13.2 Å². The Hall–Kier alpha value is -2.80. The van der Waals surface area contributed by atoms with Crippen molar-refractivity contribution in [3.63, 3.8) is 0 Å². The number of anilines is 1. The lowest BCUT2D eigenvalue weighted by molar-refractivity contribution is -0.137. The number of furan rings is 1. The van der Waals surface area contributed by atoms with Crippen LogP contribution in [0.2, 0.25) is 0 Å². The van der Waals surface area contributed by atoms with Gasteiger partial charge in [0.1, 0.15) is 5.76 Å². The molecule has 0 aliphatic carbocycles. The second-order valence-corrected chi connectivity index (χ2v) is 6.82. The van der Waals surface area contributed by atoms with E-state index in [0.29, 0.717) is 24.0 Å². The zero-order valence-corrected chi connectivity index (χ0v) is 16.0.